The molecule has 0 aliphatic heterocycles. The van der Waals surface area contributed by atoms with E-state index in [1.54, 1.807) is 18.3 Å². The predicted octanol–water partition coefficient (Wildman–Crippen LogP) is 5.01. The van der Waals surface area contributed by atoms with Gasteiger partial charge in [-0.05, 0) is 73.2 Å². The van der Waals surface area contributed by atoms with Gasteiger partial charge in [-0.3, -0.25) is 14.3 Å². The summed E-state index contributed by atoms with van der Waals surface area (Å²) in [4.78, 5) is 20.9. The topological polar surface area (TPSA) is 102 Å². The molecule has 0 fully saturated rings. The SMILES string of the molecule is C#Cc1ccc2c(c1)C(n1c(CCCC)nc(=O)c(S(=O)(=O)c3ccc(-c4cccnc4C)cc3)c1O)CC2. The van der Waals surface area contributed by atoms with E-state index in [0.29, 0.717) is 24.2 Å². The van der Waals surface area contributed by atoms with E-state index in [-0.39, 0.29) is 4.90 Å². The average Bonchev–Trinajstić information content (AvgIpc) is 3.34. The predicted molar refractivity (Wildman–Crippen MR) is 149 cm³/mol. The summed E-state index contributed by atoms with van der Waals surface area (Å²) < 4.78 is 29.1. The number of hydrogen-bond acceptors (Lipinski definition) is 6. The number of fused-ring (bicyclic) bond motifs is 1. The minimum Gasteiger partial charge on any atom is -0.493 e. The van der Waals surface area contributed by atoms with Crippen molar-refractivity contribution >= 4 is 9.84 Å². The highest BCUT2D eigenvalue weighted by Crippen LogP contribution is 2.40. The van der Waals surface area contributed by atoms with Crippen LogP contribution < -0.4 is 5.56 Å². The normalized spacial score (nSPS) is 14.6. The quantitative estimate of drug-likeness (QED) is 0.331. The van der Waals surface area contributed by atoms with Crippen molar-refractivity contribution in [3.05, 3.63) is 99.4 Å². The molecular formula is C31H29N3O4S. The van der Waals surface area contributed by atoms with Crippen LogP contribution in [0.15, 0.2) is 75.4 Å². The van der Waals surface area contributed by atoms with Gasteiger partial charge in [0, 0.05) is 29.4 Å². The van der Waals surface area contributed by atoms with Gasteiger partial charge in [-0.15, -0.1) is 6.42 Å². The molecule has 1 aliphatic rings. The molecule has 1 atom stereocenters. The first kappa shape index (κ1) is 26.4. The fourth-order valence-electron chi connectivity index (χ4n) is 5.28. The summed E-state index contributed by atoms with van der Waals surface area (Å²) in [7, 11) is -4.38. The van der Waals surface area contributed by atoms with Crippen LogP contribution in [0, 0.1) is 19.3 Å². The first-order valence-electron chi connectivity index (χ1n) is 13.0. The Hall–Kier alpha value is -4.22. The summed E-state index contributed by atoms with van der Waals surface area (Å²) in [6.07, 6.45) is 10.7. The molecule has 1 unspecified atom stereocenters. The van der Waals surface area contributed by atoms with Crippen LogP contribution in [0.3, 0.4) is 0 Å². The Balaban J connectivity index is 1.64. The molecule has 2 aromatic heterocycles. The van der Waals surface area contributed by atoms with Gasteiger partial charge >= 0.3 is 0 Å². The van der Waals surface area contributed by atoms with Gasteiger partial charge in [0.05, 0.1) is 10.9 Å². The van der Waals surface area contributed by atoms with Gasteiger partial charge in [0.1, 0.15) is 5.82 Å². The molecule has 4 aromatic rings. The van der Waals surface area contributed by atoms with Crippen LogP contribution in [-0.2, 0) is 22.7 Å². The Morgan fingerprint density at radius 2 is 1.92 bits per heavy atom. The minimum absolute atomic E-state index is 0.101. The third-order valence-corrected chi connectivity index (χ3v) is 9.10. The highest BCUT2D eigenvalue weighted by atomic mass is 32.2. The van der Waals surface area contributed by atoms with Gasteiger partial charge in [0.2, 0.25) is 15.7 Å². The second kappa shape index (κ2) is 10.5. The molecular weight excluding hydrogens is 510 g/mol. The highest BCUT2D eigenvalue weighted by molar-refractivity contribution is 7.91. The fraction of sp³-hybridized carbons (Fsp3) is 0.258. The number of hydrogen-bond donors (Lipinski definition) is 1. The Morgan fingerprint density at radius 3 is 2.62 bits per heavy atom. The van der Waals surface area contributed by atoms with Crippen molar-refractivity contribution < 1.29 is 13.5 Å². The Labute approximate surface area is 228 Å². The van der Waals surface area contributed by atoms with E-state index in [2.05, 4.69) is 15.9 Å². The number of aromatic nitrogens is 3. The first-order chi connectivity index (χ1) is 18.8. The molecule has 5 rings (SSSR count). The maximum Gasteiger partial charge on any atom is 0.296 e. The lowest BCUT2D eigenvalue weighted by Crippen LogP contribution is -2.27. The van der Waals surface area contributed by atoms with Gasteiger partial charge in [0.15, 0.2) is 4.90 Å². The lowest BCUT2D eigenvalue weighted by molar-refractivity contribution is 0.361. The zero-order chi connectivity index (χ0) is 27.7. The lowest BCUT2D eigenvalue weighted by atomic mass is 10.0. The summed E-state index contributed by atoms with van der Waals surface area (Å²) >= 11 is 0. The zero-order valence-electron chi connectivity index (χ0n) is 21.9. The molecule has 2 aromatic carbocycles. The van der Waals surface area contributed by atoms with Crippen molar-refractivity contribution in [3.8, 4) is 29.4 Å². The van der Waals surface area contributed by atoms with Crippen LogP contribution in [-0.4, -0.2) is 28.1 Å². The van der Waals surface area contributed by atoms with Crippen molar-refractivity contribution in [2.45, 2.75) is 61.8 Å². The molecule has 1 aliphatic carbocycles. The molecule has 0 amide bonds. The van der Waals surface area contributed by atoms with Crippen LogP contribution in [0.2, 0.25) is 0 Å². The molecule has 0 spiro atoms. The molecule has 198 valence electrons. The number of unbranched alkanes of at least 4 members (excludes halogenated alkanes) is 1. The van der Waals surface area contributed by atoms with Crippen LogP contribution in [0.25, 0.3) is 11.1 Å². The standard InChI is InChI=1S/C31H29N3O4S/c1-4-6-9-28-33-30(35)29(31(36)34(28)27-17-14-23-11-10-21(5-2)19-26(23)27)39(37,38)24-15-12-22(13-16-24)25-8-7-18-32-20(25)3/h2,7-8,10-13,15-16,18-19,27,36H,4,6,9,14,17H2,1,3H3. The van der Waals surface area contributed by atoms with Crippen LogP contribution in [0.1, 0.15) is 60.4 Å². The number of sulfone groups is 1. The van der Waals surface area contributed by atoms with Gasteiger partial charge < -0.3 is 5.11 Å². The Morgan fingerprint density at radius 1 is 1.15 bits per heavy atom. The second-order valence-corrected chi connectivity index (χ2v) is 11.6. The van der Waals surface area contributed by atoms with Crippen LogP contribution >= 0.6 is 0 Å². The van der Waals surface area contributed by atoms with Crippen molar-refractivity contribution in [2.75, 3.05) is 0 Å². The number of nitrogens with zero attached hydrogens (tertiary/aromatic N) is 3. The third kappa shape index (κ3) is 4.75. The minimum atomic E-state index is -4.38. The summed E-state index contributed by atoms with van der Waals surface area (Å²) in [5.41, 5.74) is 4.19. The van der Waals surface area contributed by atoms with E-state index in [4.69, 9.17) is 6.42 Å². The molecule has 1 N–H and O–H groups in total. The largest absolute Gasteiger partial charge is 0.493 e. The van der Waals surface area contributed by atoms with E-state index in [0.717, 1.165) is 47.2 Å². The van der Waals surface area contributed by atoms with Crippen molar-refractivity contribution in [2.24, 2.45) is 0 Å². The average molecular weight is 540 g/mol. The van der Waals surface area contributed by atoms with Gasteiger partial charge in [0.25, 0.3) is 5.56 Å². The second-order valence-electron chi connectivity index (χ2n) is 9.74. The Kier molecular flexibility index (Phi) is 7.11. The monoisotopic (exact) mass is 539 g/mol. The van der Waals surface area contributed by atoms with E-state index < -0.39 is 32.2 Å². The number of benzene rings is 2. The summed E-state index contributed by atoms with van der Waals surface area (Å²) in [6, 6.07) is 15.3. The van der Waals surface area contributed by atoms with Crippen molar-refractivity contribution in [1.82, 2.24) is 14.5 Å². The summed E-state index contributed by atoms with van der Waals surface area (Å²) in [5.74, 6) is 2.42. The molecule has 8 heteroatoms. The molecule has 7 nitrogen and oxygen atoms in total. The molecule has 39 heavy (non-hydrogen) atoms. The summed E-state index contributed by atoms with van der Waals surface area (Å²) in [5, 5.41) is 11.5. The molecule has 2 heterocycles. The molecule has 0 radical (unpaired) electrons. The number of terminal acetylenes is 1. The maximum atomic E-state index is 13.8. The Bertz CT molecular complexity index is 1770. The van der Waals surface area contributed by atoms with Gasteiger partial charge in [-0.1, -0.05) is 43.5 Å². The zero-order valence-corrected chi connectivity index (χ0v) is 22.7. The van der Waals surface area contributed by atoms with E-state index in [9.17, 15) is 18.3 Å². The highest BCUT2D eigenvalue weighted by Gasteiger charge is 2.34. The first-order valence-corrected chi connectivity index (χ1v) is 14.5. The number of aryl methyl sites for hydroxylation is 3. The number of pyridine rings is 1. The van der Waals surface area contributed by atoms with E-state index >= 15 is 0 Å². The van der Waals surface area contributed by atoms with Crippen LogP contribution in [0.4, 0.5) is 0 Å². The van der Waals surface area contributed by atoms with E-state index in [1.807, 2.05) is 44.2 Å². The fourth-order valence-corrected chi connectivity index (χ4v) is 6.63. The van der Waals surface area contributed by atoms with Crippen molar-refractivity contribution in [1.29, 1.82) is 0 Å². The molecule has 0 bridgehead atoms. The smallest absolute Gasteiger partial charge is 0.296 e. The molecule has 0 saturated heterocycles. The van der Waals surface area contributed by atoms with Crippen molar-refractivity contribution in [3.63, 3.8) is 0 Å². The van der Waals surface area contributed by atoms with Crippen LogP contribution in [0.5, 0.6) is 5.88 Å². The van der Waals surface area contributed by atoms with Gasteiger partial charge in [-0.2, -0.15) is 4.98 Å². The molecule has 0 saturated carbocycles. The maximum absolute atomic E-state index is 13.8. The van der Waals surface area contributed by atoms with Gasteiger partial charge in [-0.25, -0.2) is 8.42 Å². The lowest BCUT2D eigenvalue weighted by Gasteiger charge is -2.23. The van der Waals surface area contributed by atoms with E-state index in [1.165, 1.54) is 16.7 Å². The summed E-state index contributed by atoms with van der Waals surface area (Å²) in [6.45, 7) is 3.89. The number of aromatic hydroxyl groups is 1. The number of rotatable bonds is 7. The third-order valence-electron chi connectivity index (χ3n) is 7.31.